The van der Waals surface area contributed by atoms with Crippen molar-refractivity contribution in [2.24, 2.45) is 0 Å². The second kappa shape index (κ2) is 9.38. The van der Waals surface area contributed by atoms with Gasteiger partial charge in [-0.1, -0.05) is 24.3 Å². The molecule has 35 heavy (non-hydrogen) atoms. The maximum atomic E-state index is 12.9. The lowest BCUT2D eigenvalue weighted by atomic mass is 10.1. The Morgan fingerprint density at radius 1 is 0.857 bits per heavy atom. The third-order valence-corrected chi connectivity index (χ3v) is 5.18. The van der Waals surface area contributed by atoms with E-state index in [4.69, 9.17) is 4.74 Å². The quantitative estimate of drug-likeness (QED) is 0.306. The lowest BCUT2D eigenvalue weighted by molar-refractivity contribution is -0.137. The van der Waals surface area contributed by atoms with Crippen molar-refractivity contribution in [2.75, 3.05) is 5.32 Å². The molecule has 0 radical (unpaired) electrons. The van der Waals surface area contributed by atoms with E-state index in [0.29, 0.717) is 17.2 Å². The molecule has 174 valence electrons. The van der Waals surface area contributed by atoms with Gasteiger partial charge in [0.05, 0.1) is 16.8 Å². The largest absolute Gasteiger partial charge is 0.458 e. The fraction of sp³-hybridized carbons (Fsp3) is 0.0769. The number of fused-ring (bicyclic) bond motifs is 1. The van der Waals surface area contributed by atoms with E-state index >= 15 is 0 Å². The summed E-state index contributed by atoms with van der Waals surface area (Å²) in [7, 11) is 0. The van der Waals surface area contributed by atoms with E-state index in [2.05, 4.69) is 25.3 Å². The molecule has 0 spiro atoms. The van der Waals surface area contributed by atoms with E-state index < -0.39 is 11.7 Å². The average Bonchev–Trinajstić information content (AvgIpc) is 2.87. The van der Waals surface area contributed by atoms with Gasteiger partial charge in [0.15, 0.2) is 0 Å². The molecular formula is C26H18F3N5O. The van der Waals surface area contributed by atoms with Gasteiger partial charge in [0.25, 0.3) is 0 Å². The van der Waals surface area contributed by atoms with Gasteiger partial charge in [-0.3, -0.25) is 9.97 Å². The Balaban J connectivity index is 1.48. The Morgan fingerprint density at radius 3 is 2.46 bits per heavy atom. The first-order valence-electron chi connectivity index (χ1n) is 10.6. The van der Waals surface area contributed by atoms with Gasteiger partial charge in [-0.25, -0.2) is 0 Å². The summed E-state index contributed by atoms with van der Waals surface area (Å²) in [6.45, 7) is 0.205. The molecule has 1 N–H and O–H groups in total. The van der Waals surface area contributed by atoms with Crippen molar-refractivity contribution in [1.29, 1.82) is 0 Å². The summed E-state index contributed by atoms with van der Waals surface area (Å²) in [5.41, 5.74) is 2.73. The minimum atomic E-state index is -4.40. The van der Waals surface area contributed by atoms with Gasteiger partial charge in [0.2, 0.25) is 0 Å². The topological polar surface area (TPSA) is 72.8 Å². The normalized spacial score (nSPS) is 11.4. The number of halogens is 3. The van der Waals surface area contributed by atoms with Crippen LogP contribution in [0.4, 0.5) is 24.7 Å². The first-order valence-corrected chi connectivity index (χ1v) is 10.6. The van der Waals surface area contributed by atoms with Crippen molar-refractivity contribution < 1.29 is 17.9 Å². The SMILES string of the molecule is FC(F)(F)c1ccc(Nc2cc(-c3ccc4cccnc4c3)nc(OCc3cccnc3)n2)cc1. The number of benzene rings is 2. The van der Waals surface area contributed by atoms with E-state index in [9.17, 15) is 13.2 Å². The summed E-state index contributed by atoms with van der Waals surface area (Å²) in [6, 6.07) is 19.8. The number of ether oxygens (including phenoxy) is 1. The van der Waals surface area contributed by atoms with Crippen molar-refractivity contribution in [3.63, 3.8) is 0 Å². The second-order valence-electron chi connectivity index (χ2n) is 7.68. The van der Waals surface area contributed by atoms with Gasteiger partial charge in [-0.15, -0.1) is 0 Å². The van der Waals surface area contributed by atoms with E-state index in [-0.39, 0.29) is 12.6 Å². The molecule has 0 aliphatic carbocycles. The molecule has 0 aliphatic heterocycles. The Morgan fingerprint density at radius 2 is 1.69 bits per heavy atom. The molecule has 0 fully saturated rings. The van der Waals surface area contributed by atoms with Crippen molar-refractivity contribution >= 4 is 22.4 Å². The van der Waals surface area contributed by atoms with Gasteiger partial charge >= 0.3 is 12.2 Å². The second-order valence-corrected chi connectivity index (χ2v) is 7.68. The third kappa shape index (κ3) is 5.35. The summed E-state index contributed by atoms with van der Waals surface area (Å²) in [5, 5.41) is 4.03. The Bertz CT molecular complexity index is 1460. The Labute approximate surface area is 198 Å². The first kappa shape index (κ1) is 22.3. The number of aromatic nitrogens is 4. The minimum absolute atomic E-state index is 0.113. The van der Waals surface area contributed by atoms with E-state index in [1.54, 1.807) is 30.7 Å². The molecule has 5 aromatic rings. The molecule has 0 saturated heterocycles. The fourth-order valence-electron chi connectivity index (χ4n) is 3.45. The highest BCUT2D eigenvalue weighted by Crippen LogP contribution is 2.31. The maximum Gasteiger partial charge on any atom is 0.416 e. The van der Waals surface area contributed by atoms with Gasteiger partial charge in [0, 0.05) is 46.9 Å². The van der Waals surface area contributed by atoms with Crippen LogP contribution in [0.5, 0.6) is 6.01 Å². The molecule has 6 nitrogen and oxygen atoms in total. The van der Waals surface area contributed by atoms with Crippen LogP contribution in [0.15, 0.2) is 91.4 Å². The monoisotopic (exact) mass is 473 g/mol. The Kier molecular flexibility index (Phi) is 5.97. The highest BCUT2D eigenvalue weighted by atomic mass is 19.4. The predicted molar refractivity (Wildman–Crippen MR) is 126 cm³/mol. The van der Waals surface area contributed by atoms with E-state index in [1.165, 1.54) is 12.1 Å². The molecule has 5 rings (SSSR count). The predicted octanol–water partition coefficient (Wildman–Crippen LogP) is 6.43. The maximum absolute atomic E-state index is 12.9. The highest BCUT2D eigenvalue weighted by Gasteiger charge is 2.29. The molecule has 3 aromatic heterocycles. The number of pyridine rings is 2. The third-order valence-electron chi connectivity index (χ3n) is 5.18. The van der Waals surface area contributed by atoms with E-state index in [1.807, 2.05) is 36.4 Å². The lowest BCUT2D eigenvalue weighted by Gasteiger charge is -2.12. The number of nitrogens with zero attached hydrogens (tertiary/aromatic N) is 4. The lowest BCUT2D eigenvalue weighted by Crippen LogP contribution is -2.05. The minimum Gasteiger partial charge on any atom is -0.458 e. The van der Waals surface area contributed by atoms with Crippen LogP contribution in [0.2, 0.25) is 0 Å². The summed E-state index contributed by atoms with van der Waals surface area (Å²) in [6.07, 6.45) is 0.658. The molecule has 0 bridgehead atoms. The molecule has 3 heterocycles. The van der Waals surface area contributed by atoms with Crippen LogP contribution in [0.1, 0.15) is 11.1 Å². The van der Waals surface area contributed by atoms with Crippen LogP contribution < -0.4 is 10.1 Å². The van der Waals surface area contributed by atoms with Gasteiger partial charge in [-0.2, -0.15) is 23.1 Å². The molecule has 0 aliphatic rings. The molecule has 9 heteroatoms. The number of hydrogen-bond donors (Lipinski definition) is 1. The van der Waals surface area contributed by atoms with Crippen LogP contribution >= 0.6 is 0 Å². The number of anilines is 2. The van der Waals surface area contributed by atoms with Gasteiger partial charge < -0.3 is 10.1 Å². The van der Waals surface area contributed by atoms with E-state index in [0.717, 1.165) is 34.2 Å². The Hall–Kier alpha value is -4.53. The van der Waals surface area contributed by atoms with Crippen molar-refractivity contribution in [2.45, 2.75) is 12.8 Å². The van der Waals surface area contributed by atoms with Crippen molar-refractivity contribution in [3.05, 3.63) is 103 Å². The zero-order valence-electron chi connectivity index (χ0n) is 18.2. The molecule has 0 atom stereocenters. The molecular weight excluding hydrogens is 455 g/mol. The zero-order valence-corrected chi connectivity index (χ0v) is 18.2. The summed E-state index contributed by atoms with van der Waals surface area (Å²) >= 11 is 0. The average molecular weight is 473 g/mol. The standard InChI is InChI=1S/C26H18F3N5O/c27-26(28,29)20-7-9-21(10-8-20)32-24-14-23(19-6-5-18-4-2-12-31-22(18)13-19)33-25(34-24)35-16-17-3-1-11-30-15-17/h1-15H,16H2,(H,32,33,34). The van der Waals surface area contributed by atoms with Crippen LogP contribution in [0.3, 0.4) is 0 Å². The molecule has 0 saturated carbocycles. The van der Waals surface area contributed by atoms with Crippen LogP contribution in [0, 0.1) is 0 Å². The smallest absolute Gasteiger partial charge is 0.416 e. The molecule has 2 aromatic carbocycles. The van der Waals surface area contributed by atoms with Gasteiger partial charge in [0.1, 0.15) is 12.4 Å². The highest BCUT2D eigenvalue weighted by molar-refractivity contribution is 5.83. The fourth-order valence-corrected chi connectivity index (χ4v) is 3.45. The summed E-state index contributed by atoms with van der Waals surface area (Å²) in [5.74, 6) is 0.372. The number of nitrogens with one attached hydrogen (secondary N) is 1. The molecule has 0 unspecified atom stereocenters. The van der Waals surface area contributed by atoms with Gasteiger partial charge in [-0.05, 0) is 42.5 Å². The zero-order chi connectivity index (χ0) is 24.3. The van der Waals surface area contributed by atoms with Crippen LogP contribution in [-0.2, 0) is 12.8 Å². The number of hydrogen-bond acceptors (Lipinski definition) is 6. The van der Waals surface area contributed by atoms with Crippen LogP contribution in [0.25, 0.3) is 22.2 Å². The number of alkyl halides is 3. The van der Waals surface area contributed by atoms with Crippen LogP contribution in [-0.4, -0.2) is 19.9 Å². The summed E-state index contributed by atoms with van der Waals surface area (Å²) < 4.78 is 44.5. The number of rotatable bonds is 6. The summed E-state index contributed by atoms with van der Waals surface area (Å²) in [4.78, 5) is 17.4. The van der Waals surface area contributed by atoms with Crippen molar-refractivity contribution in [1.82, 2.24) is 19.9 Å². The molecule has 0 amide bonds. The first-order chi connectivity index (χ1) is 16.9. The van der Waals surface area contributed by atoms with Crippen molar-refractivity contribution in [3.8, 4) is 17.3 Å².